The van der Waals surface area contributed by atoms with Gasteiger partial charge in [0.25, 0.3) is 0 Å². The van der Waals surface area contributed by atoms with Gasteiger partial charge in [0.15, 0.2) is 0 Å². The van der Waals surface area contributed by atoms with Crippen LogP contribution in [0.1, 0.15) is 19.8 Å². The zero-order valence-electron chi connectivity index (χ0n) is 8.10. The third kappa shape index (κ3) is 2.60. The van der Waals surface area contributed by atoms with Crippen molar-refractivity contribution in [3.05, 3.63) is 24.0 Å². The van der Waals surface area contributed by atoms with Crippen molar-refractivity contribution in [1.82, 2.24) is 0 Å². The van der Waals surface area contributed by atoms with Crippen molar-refractivity contribution < 1.29 is 15.0 Å². The van der Waals surface area contributed by atoms with Crippen molar-refractivity contribution >= 4 is 5.97 Å². The molecule has 1 unspecified atom stereocenters. The van der Waals surface area contributed by atoms with Crippen LogP contribution in [0.25, 0.3) is 0 Å². The summed E-state index contributed by atoms with van der Waals surface area (Å²) in [5, 5.41) is 17.8. The Hall–Kier alpha value is -1.29. The average molecular weight is 197 g/mol. The van der Waals surface area contributed by atoms with Gasteiger partial charge in [-0.3, -0.25) is 4.79 Å². The summed E-state index contributed by atoms with van der Waals surface area (Å²) in [4.78, 5) is 10.6. The Labute approximate surface area is 82.7 Å². The highest BCUT2D eigenvalue weighted by Gasteiger charge is 2.28. The first kappa shape index (κ1) is 10.8. The van der Waals surface area contributed by atoms with Gasteiger partial charge in [0.2, 0.25) is 0 Å². The molecule has 1 rings (SSSR count). The Morgan fingerprint density at radius 1 is 1.79 bits per heavy atom. The van der Waals surface area contributed by atoms with E-state index in [4.69, 9.17) is 15.9 Å². The topological polar surface area (TPSA) is 83.6 Å². The standard InChI is InChI=1S/C10H15NO3/c1-10(6-8(11)9(13)14)4-2-7(12)3-5-10/h2-4,8,12H,5-6,11H2,1H3,(H,13,14)/t8-,10?/m0/s1. The lowest BCUT2D eigenvalue weighted by molar-refractivity contribution is -0.139. The summed E-state index contributed by atoms with van der Waals surface area (Å²) in [6, 6.07) is -0.849. The molecule has 0 fully saturated rings. The second-order valence-corrected chi connectivity index (χ2v) is 3.97. The van der Waals surface area contributed by atoms with Crippen LogP contribution < -0.4 is 5.73 Å². The summed E-state index contributed by atoms with van der Waals surface area (Å²) in [5.74, 6) is -0.759. The number of rotatable bonds is 3. The lowest BCUT2D eigenvalue weighted by atomic mass is 9.78. The number of allylic oxidation sites excluding steroid dienone is 3. The minimum atomic E-state index is -0.988. The molecule has 4 N–H and O–H groups in total. The molecule has 0 aromatic carbocycles. The van der Waals surface area contributed by atoms with Crippen molar-refractivity contribution in [3.8, 4) is 0 Å². The van der Waals surface area contributed by atoms with Crippen LogP contribution in [-0.2, 0) is 4.79 Å². The highest BCUT2D eigenvalue weighted by Crippen LogP contribution is 2.33. The molecular formula is C10H15NO3. The molecule has 1 aliphatic carbocycles. The fourth-order valence-corrected chi connectivity index (χ4v) is 1.50. The van der Waals surface area contributed by atoms with Gasteiger partial charge in [0.05, 0.1) is 0 Å². The van der Waals surface area contributed by atoms with E-state index in [1.807, 2.05) is 13.0 Å². The quantitative estimate of drug-likeness (QED) is 0.634. The fraction of sp³-hybridized carbons (Fsp3) is 0.500. The molecular weight excluding hydrogens is 182 g/mol. The molecule has 1 aliphatic rings. The van der Waals surface area contributed by atoms with Crippen LogP contribution >= 0.6 is 0 Å². The number of aliphatic hydroxyl groups is 1. The predicted octanol–water partition coefficient (Wildman–Crippen LogP) is 1.20. The van der Waals surface area contributed by atoms with Gasteiger partial charge in [-0.2, -0.15) is 0 Å². The number of carboxylic acids is 1. The SMILES string of the molecule is CC1(C[C@H](N)C(=O)O)C=CC(O)=CC1. The maximum absolute atomic E-state index is 10.6. The first-order valence-corrected chi connectivity index (χ1v) is 4.50. The molecule has 14 heavy (non-hydrogen) atoms. The Morgan fingerprint density at radius 3 is 2.86 bits per heavy atom. The van der Waals surface area contributed by atoms with E-state index in [1.54, 1.807) is 12.2 Å². The van der Waals surface area contributed by atoms with Crippen LogP contribution in [0.15, 0.2) is 24.0 Å². The molecule has 0 saturated heterocycles. The molecule has 0 bridgehead atoms. The van der Waals surface area contributed by atoms with E-state index in [1.165, 1.54) is 0 Å². The van der Waals surface area contributed by atoms with Crippen LogP contribution in [0, 0.1) is 5.41 Å². The molecule has 4 heteroatoms. The van der Waals surface area contributed by atoms with Crippen molar-refractivity contribution in [2.24, 2.45) is 11.1 Å². The summed E-state index contributed by atoms with van der Waals surface area (Å²) in [5.41, 5.74) is 5.19. The monoisotopic (exact) mass is 197 g/mol. The van der Waals surface area contributed by atoms with Crippen LogP contribution in [0.3, 0.4) is 0 Å². The van der Waals surface area contributed by atoms with Gasteiger partial charge in [-0.25, -0.2) is 0 Å². The lowest BCUT2D eigenvalue weighted by Gasteiger charge is -2.28. The van der Waals surface area contributed by atoms with Crippen molar-refractivity contribution in [2.45, 2.75) is 25.8 Å². The Balaban J connectivity index is 2.61. The second kappa shape index (κ2) is 3.84. The maximum atomic E-state index is 10.6. The molecule has 0 amide bonds. The molecule has 0 heterocycles. The predicted molar refractivity (Wildman–Crippen MR) is 52.8 cm³/mol. The molecule has 0 radical (unpaired) electrons. The highest BCUT2D eigenvalue weighted by atomic mass is 16.4. The number of aliphatic hydroxyl groups excluding tert-OH is 1. The number of aliphatic carboxylic acids is 1. The smallest absolute Gasteiger partial charge is 0.320 e. The minimum Gasteiger partial charge on any atom is -0.508 e. The first-order valence-electron chi connectivity index (χ1n) is 4.50. The third-order valence-electron chi connectivity index (χ3n) is 2.44. The van der Waals surface area contributed by atoms with Gasteiger partial charge in [0.1, 0.15) is 11.8 Å². The maximum Gasteiger partial charge on any atom is 0.320 e. The van der Waals surface area contributed by atoms with Crippen LogP contribution in [-0.4, -0.2) is 22.2 Å². The first-order chi connectivity index (χ1) is 6.43. The van der Waals surface area contributed by atoms with Gasteiger partial charge in [-0.1, -0.05) is 13.0 Å². The second-order valence-electron chi connectivity index (χ2n) is 3.97. The normalized spacial score (nSPS) is 28.3. The molecule has 0 aromatic heterocycles. The number of nitrogens with two attached hydrogens (primary N) is 1. The summed E-state index contributed by atoms with van der Waals surface area (Å²) in [6.07, 6.45) is 6.07. The summed E-state index contributed by atoms with van der Waals surface area (Å²) in [6.45, 7) is 1.93. The van der Waals surface area contributed by atoms with E-state index in [9.17, 15) is 4.79 Å². The largest absolute Gasteiger partial charge is 0.508 e. The Morgan fingerprint density at radius 2 is 2.43 bits per heavy atom. The Kier molecular flexibility index (Phi) is 2.96. The van der Waals surface area contributed by atoms with Crippen LogP contribution in [0.2, 0.25) is 0 Å². The van der Waals surface area contributed by atoms with E-state index in [0.717, 1.165) is 0 Å². The molecule has 0 saturated carbocycles. The molecule has 4 nitrogen and oxygen atoms in total. The van der Waals surface area contributed by atoms with Crippen molar-refractivity contribution in [2.75, 3.05) is 0 Å². The van der Waals surface area contributed by atoms with Crippen molar-refractivity contribution in [3.63, 3.8) is 0 Å². The highest BCUT2D eigenvalue weighted by molar-refractivity contribution is 5.73. The third-order valence-corrected chi connectivity index (χ3v) is 2.44. The van der Waals surface area contributed by atoms with Gasteiger partial charge in [-0.05, 0) is 30.4 Å². The van der Waals surface area contributed by atoms with Gasteiger partial charge in [-0.15, -0.1) is 0 Å². The molecule has 0 aliphatic heterocycles. The molecule has 2 atom stereocenters. The number of carboxylic acid groups (broad SMARTS) is 1. The molecule has 0 aromatic rings. The lowest BCUT2D eigenvalue weighted by Crippen LogP contribution is -2.35. The minimum absolute atomic E-state index is 0.228. The number of carbonyl (C=O) groups is 1. The average Bonchev–Trinajstić information content (AvgIpc) is 2.10. The van der Waals surface area contributed by atoms with E-state index in [-0.39, 0.29) is 11.2 Å². The summed E-state index contributed by atoms with van der Waals surface area (Å²) >= 11 is 0. The van der Waals surface area contributed by atoms with Gasteiger partial charge in [0, 0.05) is 0 Å². The van der Waals surface area contributed by atoms with Gasteiger partial charge >= 0.3 is 5.97 Å². The Bertz CT molecular complexity index is 296. The fourth-order valence-electron chi connectivity index (χ4n) is 1.50. The zero-order valence-corrected chi connectivity index (χ0v) is 8.10. The van der Waals surface area contributed by atoms with Crippen molar-refractivity contribution in [1.29, 1.82) is 0 Å². The van der Waals surface area contributed by atoms with Crippen LogP contribution in [0.4, 0.5) is 0 Å². The van der Waals surface area contributed by atoms with E-state index >= 15 is 0 Å². The number of hydrogen-bond donors (Lipinski definition) is 3. The number of hydrogen-bond acceptors (Lipinski definition) is 3. The van der Waals surface area contributed by atoms with Crippen LogP contribution in [0.5, 0.6) is 0 Å². The summed E-state index contributed by atoms with van der Waals surface area (Å²) < 4.78 is 0. The van der Waals surface area contributed by atoms with E-state index in [0.29, 0.717) is 12.8 Å². The van der Waals surface area contributed by atoms with Gasteiger partial charge < -0.3 is 15.9 Å². The molecule has 0 spiro atoms. The summed E-state index contributed by atoms with van der Waals surface area (Å²) in [7, 11) is 0. The van der Waals surface area contributed by atoms with E-state index < -0.39 is 12.0 Å². The molecule has 78 valence electrons. The van der Waals surface area contributed by atoms with E-state index in [2.05, 4.69) is 0 Å². The zero-order chi connectivity index (χ0) is 10.8.